The number of amides is 1. The lowest BCUT2D eigenvalue weighted by atomic mass is 9.73. The average Bonchev–Trinajstić information content (AvgIpc) is 3.28. The van der Waals surface area contributed by atoms with Crippen molar-refractivity contribution >= 4 is 35.2 Å². The number of nitrogens with zero attached hydrogens (tertiary/aromatic N) is 3. The van der Waals surface area contributed by atoms with Crippen molar-refractivity contribution in [2.75, 3.05) is 57.9 Å². The van der Waals surface area contributed by atoms with E-state index in [1.54, 1.807) is 0 Å². The van der Waals surface area contributed by atoms with Crippen LogP contribution in [0.5, 0.6) is 0 Å². The molecule has 4 aliphatic heterocycles. The van der Waals surface area contributed by atoms with Gasteiger partial charge in [-0.25, -0.2) is 4.79 Å². The number of fused-ring (bicyclic) bond motifs is 5. The van der Waals surface area contributed by atoms with Gasteiger partial charge in [0, 0.05) is 61.0 Å². The summed E-state index contributed by atoms with van der Waals surface area (Å²) in [4.78, 5) is 33.9. The molecule has 2 aromatic carbocycles. The number of ether oxygens (including phenoxy) is 2. The zero-order valence-electron chi connectivity index (χ0n) is 25.1. The number of anilines is 1. The smallest absolute Gasteiger partial charge is 0.337 e. The monoisotopic (exact) mass is 603 g/mol. The number of piperidine rings is 1. The number of esters is 1. The van der Waals surface area contributed by atoms with Gasteiger partial charge in [0.2, 0.25) is 0 Å². The number of carbonyl (C=O) groups excluding carboxylic acids is 2. The molecule has 7 nitrogen and oxygen atoms in total. The zero-order chi connectivity index (χ0) is 29.5. The third-order valence-corrected chi connectivity index (χ3v) is 10.8. The first kappa shape index (κ1) is 28.9. The Morgan fingerprint density at radius 2 is 1.67 bits per heavy atom. The summed E-state index contributed by atoms with van der Waals surface area (Å²) in [5.41, 5.74) is 5.91. The molecule has 5 aliphatic rings. The molecule has 0 radical (unpaired) electrons. The summed E-state index contributed by atoms with van der Waals surface area (Å²) in [7, 11) is 1.43. The molecule has 0 N–H and O–H groups in total. The van der Waals surface area contributed by atoms with Gasteiger partial charge in [-0.3, -0.25) is 9.69 Å². The summed E-state index contributed by atoms with van der Waals surface area (Å²) in [5.74, 6) is 0.587. The van der Waals surface area contributed by atoms with Gasteiger partial charge in [-0.2, -0.15) is 0 Å². The Labute approximate surface area is 259 Å². The fraction of sp³-hybridized carbons (Fsp3) is 0.543. The predicted octanol–water partition coefficient (Wildman–Crippen LogP) is 6.07. The SMILES string of the molecule is COC(=O)c1ccc2c(c1)N1CC(C(=O)N3CCC(N4CCOCC4)CC3)=Cc3ccc(Cl)cc3C1C2C1CCCCC1. The van der Waals surface area contributed by atoms with Crippen LogP contribution in [0.15, 0.2) is 42.0 Å². The molecule has 4 heterocycles. The van der Waals surface area contributed by atoms with E-state index in [4.69, 9.17) is 21.1 Å². The van der Waals surface area contributed by atoms with Crippen LogP contribution in [0.1, 0.15) is 84.0 Å². The molecule has 228 valence electrons. The van der Waals surface area contributed by atoms with Gasteiger partial charge in [-0.15, -0.1) is 0 Å². The third kappa shape index (κ3) is 5.49. The molecule has 1 aliphatic carbocycles. The summed E-state index contributed by atoms with van der Waals surface area (Å²) < 4.78 is 10.7. The third-order valence-electron chi connectivity index (χ3n) is 10.6. The average molecular weight is 604 g/mol. The molecule has 0 spiro atoms. The minimum absolute atomic E-state index is 0.0494. The molecule has 0 bridgehead atoms. The normalized spacial score (nSPS) is 24.9. The van der Waals surface area contributed by atoms with Crippen molar-refractivity contribution < 1.29 is 19.1 Å². The largest absolute Gasteiger partial charge is 0.465 e. The van der Waals surface area contributed by atoms with E-state index in [1.165, 1.54) is 50.3 Å². The highest BCUT2D eigenvalue weighted by atomic mass is 35.5. The van der Waals surface area contributed by atoms with E-state index in [2.05, 4.69) is 39.0 Å². The lowest BCUT2D eigenvalue weighted by molar-refractivity contribution is -0.128. The molecule has 8 heteroatoms. The van der Waals surface area contributed by atoms with Gasteiger partial charge in [-0.05, 0) is 78.6 Å². The van der Waals surface area contributed by atoms with E-state index >= 15 is 0 Å². The Bertz CT molecular complexity index is 1410. The second-order valence-corrected chi connectivity index (χ2v) is 13.3. The maximum atomic E-state index is 14.3. The zero-order valence-corrected chi connectivity index (χ0v) is 25.9. The van der Waals surface area contributed by atoms with Crippen molar-refractivity contribution in [1.82, 2.24) is 9.80 Å². The van der Waals surface area contributed by atoms with Crippen molar-refractivity contribution in [2.24, 2.45) is 5.92 Å². The number of halogens is 1. The maximum absolute atomic E-state index is 14.3. The van der Waals surface area contributed by atoms with E-state index in [1.807, 2.05) is 18.2 Å². The summed E-state index contributed by atoms with van der Waals surface area (Å²) in [5, 5.41) is 0.709. The Balaban J connectivity index is 1.24. The van der Waals surface area contributed by atoms with Crippen molar-refractivity contribution in [3.63, 3.8) is 0 Å². The number of methoxy groups -OCH3 is 1. The van der Waals surface area contributed by atoms with Crippen molar-refractivity contribution in [1.29, 1.82) is 0 Å². The molecule has 1 amide bonds. The lowest BCUT2D eigenvalue weighted by Gasteiger charge is -2.40. The molecule has 7 rings (SSSR count). The number of rotatable bonds is 4. The molecule has 2 atom stereocenters. The molecule has 43 heavy (non-hydrogen) atoms. The number of hydrogen-bond donors (Lipinski definition) is 0. The quantitative estimate of drug-likeness (QED) is 0.395. The van der Waals surface area contributed by atoms with Gasteiger partial charge < -0.3 is 19.3 Å². The van der Waals surface area contributed by atoms with Crippen molar-refractivity contribution in [3.05, 3.63) is 69.2 Å². The van der Waals surface area contributed by atoms with Crippen LogP contribution in [-0.2, 0) is 14.3 Å². The number of hydrogen-bond acceptors (Lipinski definition) is 6. The second kappa shape index (κ2) is 12.3. The van der Waals surface area contributed by atoms with Gasteiger partial charge in [0.05, 0.1) is 31.9 Å². The summed E-state index contributed by atoms with van der Waals surface area (Å²) in [6.07, 6.45) is 10.3. The highest BCUT2D eigenvalue weighted by Crippen LogP contribution is 2.57. The maximum Gasteiger partial charge on any atom is 0.337 e. The van der Waals surface area contributed by atoms with Crippen LogP contribution in [0.2, 0.25) is 5.02 Å². The molecule has 2 unspecified atom stereocenters. The first-order chi connectivity index (χ1) is 21.0. The van der Waals surface area contributed by atoms with Crippen LogP contribution >= 0.6 is 11.6 Å². The molecular weight excluding hydrogens is 562 g/mol. The fourth-order valence-electron chi connectivity index (χ4n) is 8.44. The molecule has 2 aromatic rings. The number of likely N-dealkylation sites (tertiary alicyclic amines) is 1. The van der Waals surface area contributed by atoms with Gasteiger partial charge in [0.15, 0.2) is 0 Å². The topological polar surface area (TPSA) is 62.3 Å². The number of carbonyl (C=O) groups is 2. The Morgan fingerprint density at radius 1 is 0.907 bits per heavy atom. The molecule has 1 saturated carbocycles. The summed E-state index contributed by atoms with van der Waals surface area (Å²) in [6, 6.07) is 12.7. The van der Waals surface area contributed by atoms with Crippen LogP contribution in [-0.4, -0.2) is 80.8 Å². The minimum Gasteiger partial charge on any atom is -0.465 e. The van der Waals surface area contributed by atoms with Crippen molar-refractivity contribution in [2.45, 2.75) is 62.9 Å². The van der Waals surface area contributed by atoms with E-state index in [0.717, 1.165) is 69.1 Å². The lowest BCUT2D eigenvalue weighted by Crippen LogP contribution is -2.50. The van der Waals surface area contributed by atoms with E-state index in [9.17, 15) is 9.59 Å². The van der Waals surface area contributed by atoms with Gasteiger partial charge in [-0.1, -0.05) is 43.0 Å². The van der Waals surface area contributed by atoms with Gasteiger partial charge >= 0.3 is 5.97 Å². The van der Waals surface area contributed by atoms with Crippen LogP contribution in [0.4, 0.5) is 5.69 Å². The van der Waals surface area contributed by atoms with E-state index in [0.29, 0.717) is 29.1 Å². The van der Waals surface area contributed by atoms with E-state index in [-0.39, 0.29) is 23.8 Å². The Hall–Kier alpha value is -2.87. The second-order valence-electron chi connectivity index (χ2n) is 12.9. The summed E-state index contributed by atoms with van der Waals surface area (Å²) >= 11 is 6.66. The number of morpholine rings is 1. The van der Waals surface area contributed by atoms with Crippen LogP contribution in [0.3, 0.4) is 0 Å². The van der Waals surface area contributed by atoms with Crippen LogP contribution in [0, 0.1) is 5.92 Å². The first-order valence-electron chi connectivity index (χ1n) is 16.1. The molecule has 3 fully saturated rings. The first-order valence-corrected chi connectivity index (χ1v) is 16.5. The molecule has 2 saturated heterocycles. The van der Waals surface area contributed by atoms with Gasteiger partial charge in [0.1, 0.15) is 0 Å². The standard InChI is InChI=1S/C35H42ClN3O4/c1-42-35(41)25-8-10-29-31(20-25)39-22-26(34(40)38-13-11-28(12-14-38)37-15-17-43-18-16-37)19-24-7-9-27(36)21-30(24)33(39)32(29)23-5-3-2-4-6-23/h7-10,19-21,23,28,32-33H,2-6,11-18,22H2,1H3. The number of benzene rings is 2. The Kier molecular flexibility index (Phi) is 8.23. The summed E-state index contributed by atoms with van der Waals surface area (Å²) in [6.45, 7) is 5.59. The fourth-order valence-corrected chi connectivity index (χ4v) is 8.62. The van der Waals surface area contributed by atoms with Crippen molar-refractivity contribution in [3.8, 4) is 0 Å². The molecule has 0 aromatic heterocycles. The minimum atomic E-state index is -0.339. The molecular formula is C35H42ClN3O4. The highest BCUT2D eigenvalue weighted by molar-refractivity contribution is 6.30. The predicted molar refractivity (Wildman–Crippen MR) is 169 cm³/mol. The van der Waals surface area contributed by atoms with Crippen LogP contribution < -0.4 is 4.90 Å². The van der Waals surface area contributed by atoms with Gasteiger partial charge in [0.25, 0.3) is 5.91 Å². The highest BCUT2D eigenvalue weighted by Gasteiger charge is 2.46. The van der Waals surface area contributed by atoms with Crippen LogP contribution in [0.25, 0.3) is 6.08 Å². The van der Waals surface area contributed by atoms with E-state index < -0.39 is 0 Å². The Morgan fingerprint density at radius 3 is 2.42 bits per heavy atom.